The van der Waals surface area contributed by atoms with E-state index in [1.165, 1.54) is 0 Å². The molecule has 1 aliphatic heterocycles. The van der Waals surface area contributed by atoms with Gasteiger partial charge in [-0.15, -0.1) is 0 Å². The van der Waals surface area contributed by atoms with Gasteiger partial charge in [-0.3, -0.25) is 0 Å². The zero-order valence-electron chi connectivity index (χ0n) is 12.5. The van der Waals surface area contributed by atoms with Crippen LogP contribution >= 0.6 is 0 Å². The van der Waals surface area contributed by atoms with Crippen molar-refractivity contribution in [2.75, 3.05) is 0 Å². The fraction of sp³-hybridized carbons (Fsp3) is 1.00. The fourth-order valence-electron chi connectivity index (χ4n) is 2.64. The number of aliphatic hydroxyl groups excluding tert-OH is 1. The van der Waals surface area contributed by atoms with Crippen LogP contribution in [0.4, 0.5) is 0 Å². The second-order valence-electron chi connectivity index (χ2n) is 6.94. The molecule has 2 N–H and O–H groups in total. The molecule has 0 unspecified atom stereocenters. The first-order valence-electron chi connectivity index (χ1n) is 6.75. The van der Waals surface area contributed by atoms with E-state index in [1.807, 2.05) is 41.5 Å². The molecule has 0 aromatic heterocycles. The van der Waals surface area contributed by atoms with Gasteiger partial charge in [0.25, 0.3) is 0 Å². The molecule has 1 aliphatic carbocycles. The fourth-order valence-corrected chi connectivity index (χ4v) is 3.59. The molecule has 2 rings (SSSR count). The standard InChI is InChI=1S/C13H25NO4S/c1-7-8(14-19(16)12(2,3)4)10-11(9(7)15)18-13(5,6)17-10/h7-11,14-15H,1-6H3/t7-,8-,9+,10-,11+,19+/m1/s1. The summed E-state index contributed by atoms with van der Waals surface area (Å²) in [5.74, 6) is -0.753. The number of hydrogen-bond donors (Lipinski definition) is 2. The number of hydrogen-bond acceptors (Lipinski definition) is 4. The zero-order valence-corrected chi connectivity index (χ0v) is 13.3. The van der Waals surface area contributed by atoms with Gasteiger partial charge in [0.2, 0.25) is 0 Å². The summed E-state index contributed by atoms with van der Waals surface area (Å²) in [6, 6.07) is -0.165. The SMILES string of the molecule is C[C@H]1[C@H](O)[C@@H]2OC(C)(C)O[C@@H]2[C@@H]1N[S@@](=O)C(C)(C)C. The summed E-state index contributed by atoms with van der Waals surface area (Å²) in [7, 11) is -1.19. The number of nitrogens with one attached hydrogen (secondary N) is 1. The van der Waals surface area contributed by atoms with Gasteiger partial charge in [-0.05, 0) is 34.6 Å². The van der Waals surface area contributed by atoms with Crippen LogP contribution in [0.5, 0.6) is 0 Å². The summed E-state index contributed by atoms with van der Waals surface area (Å²) in [6.07, 6.45) is -1.20. The van der Waals surface area contributed by atoms with E-state index >= 15 is 0 Å². The van der Waals surface area contributed by atoms with Crippen LogP contribution in [0.1, 0.15) is 41.5 Å². The van der Waals surface area contributed by atoms with E-state index in [0.29, 0.717) is 0 Å². The number of fused-ring (bicyclic) bond motifs is 1. The van der Waals surface area contributed by atoms with Gasteiger partial charge in [0.15, 0.2) is 5.79 Å². The lowest BCUT2D eigenvalue weighted by atomic mass is 10.0. The summed E-state index contributed by atoms with van der Waals surface area (Å²) < 4.78 is 26.6. The van der Waals surface area contributed by atoms with Crippen molar-refractivity contribution in [3.63, 3.8) is 0 Å². The minimum Gasteiger partial charge on any atom is -0.390 e. The maximum Gasteiger partial charge on any atom is 0.163 e. The lowest BCUT2D eigenvalue weighted by Crippen LogP contribution is -2.47. The minimum atomic E-state index is -1.19. The smallest absolute Gasteiger partial charge is 0.163 e. The molecule has 0 spiro atoms. The highest BCUT2D eigenvalue weighted by Gasteiger charge is 2.57. The quantitative estimate of drug-likeness (QED) is 0.794. The summed E-state index contributed by atoms with van der Waals surface area (Å²) in [5, 5.41) is 10.2. The van der Waals surface area contributed by atoms with E-state index in [4.69, 9.17) is 9.47 Å². The maximum absolute atomic E-state index is 12.2. The third kappa shape index (κ3) is 2.88. The average Bonchev–Trinajstić information content (AvgIpc) is 2.66. The average molecular weight is 291 g/mol. The second-order valence-corrected chi connectivity index (χ2v) is 8.94. The minimum absolute atomic E-state index is 0.0580. The molecule has 1 heterocycles. The highest BCUT2D eigenvalue weighted by molar-refractivity contribution is 7.84. The Labute approximate surface area is 117 Å². The van der Waals surface area contributed by atoms with Crippen molar-refractivity contribution in [1.82, 2.24) is 4.72 Å². The molecular formula is C13H25NO4S. The molecule has 2 fully saturated rings. The summed E-state index contributed by atoms with van der Waals surface area (Å²) in [5.41, 5.74) is 0. The molecule has 1 saturated heterocycles. The monoisotopic (exact) mass is 291 g/mol. The van der Waals surface area contributed by atoms with Crippen LogP contribution in [0.25, 0.3) is 0 Å². The van der Waals surface area contributed by atoms with Crippen LogP contribution in [-0.4, -0.2) is 44.2 Å². The molecular weight excluding hydrogens is 266 g/mol. The summed E-state index contributed by atoms with van der Waals surface area (Å²) in [6.45, 7) is 11.3. The largest absolute Gasteiger partial charge is 0.390 e. The predicted octanol–water partition coefficient (Wildman–Crippen LogP) is 0.937. The van der Waals surface area contributed by atoms with Crippen molar-refractivity contribution in [3.05, 3.63) is 0 Å². The first-order chi connectivity index (χ1) is 8.53. The van der Waals surface area contributed by atoms with Gasteiger partial charge in [0.05, 0.1) is 27.9 Å². The molecule has 0 aromatic rings. The van der Waals surface area contributed by atoms with Crippen LogP contribution in [0.15, 0.2) is 0 Å². The Hall–Kier alpha value is -0.0100. The van der Waals surface area contributed by atoms with Crippen molar-refractivity contribution >= 4 is 11.0 Å². The number of aliphatic hydroxyl groups is 1. The molecule has 0 bridgehead atoms. The van der Waals surface area contributed by atoms with E-state index in [0.717, 1.165) is 0 Å². The lowest BCUT2D eigenvalue weighted by Gasteiger charge is -2.29. The predicted molar refractivity (Wildman–Crippen MR) is 73.8 cm³/mol. The molecule has 1 saturated carbocycles. The highest BCUT2D eigenvalue weighted by Crippen LogP contribution is 2.41. The summed E-state index contributed by atoms with van der Waals surface area (Å²) in [4.78, 5) is 0. The Morgan fingerprint density at radius 3 is 2.26 bits per heavy atom. The van der Waals surface area contributed by atoms with E-state index in [9.17, 15) is 9.32 Å². The third-order valence-electron chi connectivity index (χ3n) is 3.76. The Balaban J connectivity index is 2.14. The molecule has 2 aliphatic rings. The Morgan fingerprint density at radius 2 is 1.74 bits per heavy atom. The maximum atomic E-state index is 12.2. The topological polar surface area (TPSA) is 67.8 Å². The van der Waals surface area contributed by atoms with Gasteiger partial charge >= 0.3 is 0 Å². The van der Waals surface area contributed by atoms with Gasteiger partial charge in [-0.25, -0.2) is 8.93 Å². The van der Waals surface area contributed by atoms with Gasteiger partial charge in [-0.2, -0.15) is 0 Å². The van der Waals surface area contributed by atoms with Crippen LogP contribution in [0.2, 0.25) is 0 Å². The van der Waals surface area contributed by atoms with Crippen LogP contribution in [0, 0.1) is 5.92 Å². The van der Waals surface area contributed by atoms with E-state index < -0.39 is 22.9 Å². The molecule has 0 radical (unpaired) electrons. The van der Waals surface area contributed by atoms with Crippen molar-refractivity contribution in [2.45, 2.75) is 76.4 Å². The molecule has 112 valence electrons. The second kappa shape index (κ2) is 4.77. The number of rotatable bonds is 2. The first kappa shape index (κ1) is 15.4. The summed E-state index contributed by atoms with van der Waals surface area (Å²) >= 11 is 0. The van der Waals surface area contributed by atoms with E-state index in [1.54, 1.807) is 0 Å². The highest BCUT2D eigenvalue weighted by atomic mass is 32.2. The van der Waals surface area contributed by atoms with Crippen molar-refractivity contribution < 1.29 is 18.8 Å². The molecule has 0 amide bonds. The molecule has 19 heavy (non-hydrogen) atoms. The Kier molecular flexibility index (Phi) is 3.86. The van der Waals surface area contributed by atoms with Crippen molar-refractivity contribution in [3.8, 4) is 0 Å². The zero-order chi connectivity index (χ0) is 14.6. The van der Waals surface area contributed by atoms with Gasteiger partial charge in [0, 0.05) is 5.92 Å². The van der Waals surface area contributed by atoms with Crippen LogP contribution in [-0.2, 0) is 20.5 Å². The molecule has 5 nitrogen and oxygen atoms in total. The normalized spacial score (nSPS) is 43.2. The molecule has 0 aromatic carbocycles. The van der Waals surface area contributed by atoms with Gasteiger partial charge in [-0.1, -0.05) is 6.92 Å². The van der Waals surface area contributed by atoms with E-state index in [-0.39, 0.29) is 28.9 Å². The van der Waals surface area contributed by atoms with Gasteiger partial charge < -0.3 is 14.6 Å². The molecule has 6 atom stereocenters. The van der Waals surface area contributed by atoms with E-state index in [2.05, 4.69) is 4.72 Å². The number of ether oxygens (including phenoxy) is 2. The lowest BCUT2D eigenvalue weighted by molar-refractivity contribution is -0.168. The van der Waals surface area contributed by atoms with Crippen LogP contribution < -0.4 is 4.72 Å². The Bertz CT molecular complexity index is 379. The van der Waals surface area contributed by atoms with Crippen molar-refractivity contribution in [2.24, 2.45) is 5.92 Å². The van der Waals surface area contributed by atoms with Crippen LogP contribution in [0.3, 0.4) is 0 Å². The van der Waals surface area contributed by atoms with Gasteiger partial charge in [0.1, 0.15) is 12.2 Å². The molecule has 6 heteroatoms. The van der Waals surface area contributed by atoms with Crippen molar-refractivity contribution in [1.29, 1.82) is 0 Å². The first-order valence-corrected chi connectivity index (χ1v) is 7.90. The third-order valence-corrected chi connectivity index (χ3v) is 5.36. The Morgan fingerprint density at radius 1 is 1.21 bits per heavy atom.